The standard InChI is InChI=1S/C14H19Cl2NO/c1-17-11-5-7-14(18,8-6-11)9-10-3-2-4-12(15)13(10)16/h2-4,11,17-18H,5-9H2,1H3. The van der Waals surface area contributed by atoms with Crippen LogP contribution in [0.25, 0.3) is 0 Å². The van der Waals surface area contributed by atoms with Crippen molar-refractivity contribution >= 4 is 23.2 Å². The fraction of sp³-hybridized carbons (Fsp3) is 0.571. The maximum Gasteiger partial charge on any atom is 0.0689 e. The summed E-state index contributed by atoms with van der Waals surface area (Å²) in [5.74, 6) is 0. The molecule has 0 atom stereocenters. The van der Waals surface area contributed by atoms with Gasteiger partial charge in [0, 0.05) is 12.5 Å². The van der Waals surface area contributed by atoms with Gasteiger partial charge in [-0.25, -0.2) is 0 Å². The van der Waals surface area contributed by atoms with Gasteiger partial charge in [-0.05, 0) is 44.4 Å². The van der Waals surface area contributed by atoms with Gasteiger partial charge >= 0.3 is 0 Å². The first-order valence-electron chi connectivity index (χ1n) is 6.36. The van der Waals surface area contributed by atoms with Crippen molar-refractivity contribution in [1.82, 2.24) is 5.32 Å². The van der Waals surface area contributed by atoms with Gasteiger partial charge in [0.15, 0.2) is 0 Å². The van der Waals surface area contributed by atoms with E-state index >= 15 is 0 Å². The predicted octanol–water partition coefficient (Wildman–Crippen LogP) is 3.43. The third-order valence-electron chi connectivity index (χ3n) is 3.88. The Labute approximate surface area is 118 Å². The lowest BCUT2D eigenvalue weighted by atomic mass is 9.78. The number of hydrogen-bond donors (Lipinski definition) is 2. The first kappa shape index (κ1) is 14.1. The largest absolute Gasteiger partial charge is 0.390 e. The molecule has 1 aliphatic carbocycles. The smallest absolute Gasteiger partial charge is 0.0689 e. The van der Waals surface area contributed by atoms with Gasteiger partial charge in [-0.2, -0.15) is 0 Å². The fourth-order valence-electron chi connectivity index (χ4n) is 2.66. The van der Waals surface area contributed by atoms with Crippen molar-refractivity contribution in [1.29, 1.82) is 0 Å². The predicted molar refractivity (Wildman–Crippen MR) is 76.4 cm³/mol. The van der Waals surface area contributed by atoms with Gasteiger partial charge in [0.2, 0.25) is 0 Å². The Morgan fingerprint density at radius 2 is 2.00 bits per heavy atom. The minimum Gasteiger partial charge on any atom is -0.390 e. The SMILES string of the molecule is CNC1CCC(O)(Cc2cccc(Cl)c2Cl)CC1. The number of rotatable bonds is 3. The van der Waals surface area contributed by atoms with Gasteiger partial charge in [-0.3, -0.25) is 0 Å². The Kier molecular flexibility index (Phi) is 4.54. The van der Waals surface area contributed by atoms with Gasteiger partial charge in [0.05, 0.1) is 15.6 Å². The summed E-state index contributed by atoms with van der Waals surface area (Å²) in [6, 6.07) is 6.12. The van der Waals surface area contributed by atoms with Gasteiger partial charge in [0.1, 0.15) is 0 Å². The molecule has 18 heavy (non-hydrogen) atoms. The second-order valence-electron chi connectivity index (χ2n) is 5.18. The summed E-state index contributed by atoms with van der Waals surface area (Å²) in [5, 5.41) is 15.0. The first-order valence-corrected chi connectivity index (χ1v) is 7.12. The molecule has 2 nitrogen and oxygen atoms in total. The molecule has 0 unspecified atom stereocenters. The van der Waals surface area contributed by atoms with Crippen molar-refractivity contribution in [2.75, 3.05) is 7.05 Å². The molecule has 0 aliphatic heterocycles. The van der Waals surface area contributed by atoms with E-state index in [1.165, 1.54) is 0 Å². The van der Waals surface area contributed by atoms with Crippen molar-refractivity contribution in [2.24, 2.45) is 0 Å². The number of aliphatic hydroxyl groups is 1. The van der Waals surface area contributed by atoms with Crippen LogP contribution in [0.4, 0.5) is 0 Å². The molecule has 0 heterocycles. The lowest BCUT2D eigenvalue weighted by Gasteiger charge is -2.36. The van der Waals surface area contributed by atoms with Crippen LogP contribution in [-0.2, 0) is 6.42 Å². The molecule has 0 bridgehead atoms. The molecule has 1 fully saturated rings. The molecule has 2 rings (SSSR count). The quantitative estimate of drug-likeness (QED) is 0.893. The third kappa shape index (κ3) is 3.18. The fourth-order valence-corrected chi connectivity index (χ4v) is 3.05. The summed E-state index contributed by atoms with van der Waals surface area (Å²) in [6.45, 7) is 0. The second kappa shape index (κ2) is 5.79. The Morgan fingerprint density at radius 1 is 1.33 bits per heavy atom. The minimum absolute atomic E-state index is 0.528. The lowest BCUT2D eigenvalue weighted by molar-refractivity contribution is -0.00240. The van der Waals surface area contributed by atoms with Crippen molar-refractivity contribution in [3.05, 3.63) is 33.8 Å². The summed E-state index contributed by atoms with van der Waals surface area (Å²) in [4.78, 5) is 0. The Hall–Kier alpha value is -0.280. The van der Waals surface area contributed by atoms with Crippen LogP contribution in [0.1, 0.15) is 31.2 Å². The van der Waals surface area contributed by atoms with Crippen molar-refractivity contribution < 1.29 is 5.11 Å². The minimum atomic E-state index is -0.637. The van der Waals surface area contributed by atoms with Gasteiger partial charge < -0.3 is 10.4 Å². The topological polar surface area (TPSA) is 32.3 Å². The normalized spacial score (nSPS) is 28.3. The summed E-state index contributed by atoms with van der Waals surface area (Å²) >= 11 is 12.2. The molecule has 100 valence electrons. The average molecular weight is 288 g/mol. The maximum atomic E-state index is 10.6. The maximum absolute atomic E-state index is 10.6. The Morgan fingerprint density at radius 3 is 2.61 bits per heavy atom. The highest BCUT2D eigenvalue weighted by Crippen LogP contribution is 2.35. The zero-order valence-corrected chi connectivity index (χ0v) is 12.1. The van der Waals surface area contributed by atoms with Crippen molar-refractivity contribution in [2.45, 2.75) is 43.7 Å². The molecule has 0 radical (unpaired) electrons. The molecule has 0 spiro atoms. The van der Waals surface area contributed by atoms with E-state index in [0.717, 1.165) is 31.2 Å². The zero-order chi connectivity index (χ0) is 13.2. The van der Waals surface area contributed by atoms with E-state index in [4.69, 9.17) is 23.2 Å². The van der Waals surface area contributed by atoms with Crippen LogP contribution in [0.2, 0.25) is 10.0 Å². The molecular formula is C14H19Cl2NO. The van der Waals surface area contributed by atoms with Crippen LogP contribution in [0.3, 0.4) is 0 Å². The zero-order valence-electron chi connectivity index (χ0n) is 10.5. The van der Waals surface area contributed by atoms with Crippen LogP contribution < -0.4 is 5.32 Å². The molecule has 1 aromatic rings. The molecule has 2 N–H and O–H groups in total. The van der Waals surface area contributed by atoms with Crippen LogP contribution >= 0.6 is 23.2 Å². The number of hydrogen-bond acceptors (Lipinski definition) is 2. The monoisotopic (exact) mass is 287 g/mol. The average Bonchev–Trinajstić information content (AvgIpc) is 2.36. The highest BCUT2D eigenvalue weighted by atomic mass is 35.5. The van der Waals surface area contributed by atoms with Gasteiger partial charge in [-0.15, -0.1) is 0 Å². The summed E-state index contributed by atoms with van der Waals surface area (Å²) in [6.07, 6.45) is 4.21. The molecule has 0 aromatic heterocycles. The summed E-state index contributed by atoms with van der Waals surface area (Å²) in [5.41, 5.74) is 0.302. The van der Waals surface area contributed by atoms with Crippen LogP contribution in [0, 0.1) is 0 Å². The molecule has 1 aromatic carbocycles. The Bertz CT molecular complexity index is 414. The molecule has 0 amide bonds. The number of benzene rings is 1. The summed E-state index contributed by atoms with van der Waals surface area (Å²) < 4.78 is 0. The highest BCUT2D eigenvalue weighted by Gasteiger charge is 2.33. The van der Waals surface area contributed by atoms with E-state index in [9.17, 15) is 5.11 Å². The third-order valence-corrected chi connectivity index (χ3v) is 4.73. The number of nitrogens with one attached hydrogen (secondary N) is 1. The van der Waals surface area contributed by atoms with Crippen LogP contribution in [0.15, 0.2) is 18.2 Å². The van der Waals surface area contributed by atoms with E-state index < -0.39 is 5.60 Å². The lowest BCUT2D eigenvalue weighted by Crippen LogP contribution is -2.41. The highest BCUT2D eigenvalue weighted by molar-refractivity contribution is 6.42. The van der Waals surface area contributed by atoms with Crippen molar-refractivity contribution in [3.63, 3.8) is 0 Å². The van der Waals surface area contributed by atoms with Crippen molar-refractivity contribution in [3.8, 4) is 0 Å². The molecule has 1 saturated carbocycles. The molecular weight excluding hydrogens is 269 g/mol. The second-order valence-corrected chi connectivity index (χ2v) is 5.96. The molecule has 1 aliphatic rings. The van der Waals surface area contributed by atoms with E-state index in [1.807, 2.05) is 19.2 Å². The number of halogens is 2. The first-order chi connectivity index (χ1) is 8.54. The van der Waals surface area contributed by atoms with E-state index in [0.29, 0.717) is 22.5 Å². The van der Waals surface area contributed by atoms with Gasteiger partial charge in [-0.1, -0.05) is 35.3 Å². The Balaban J connectivity index is 2.07. The van der Waals surface area contributed by atoms with E-state index in [1.54, 1.807) is 6.07 Å². The van der Waals surface area contributed by atoms with Crippen LogP contribution in [-0.4, -0.2) is 23.8 Å². The van der Waals surface area contributed by atoms with Gasteiger partial charge in [0.25, 0.3) is 0 Å². The van der Waals surface area contributed by atoms with E-state index in [-0.39, 0.29) is 0 Å². The van der Waals surface area contributed by atoms with Crippen LogP contribution in [0.5, 0.6) is 0 Å². The molecule has 0 saturated heterocycles. The summed E-state index contributed by atoms with van der Waals surface area (Å²) in [7, 11) is 1.98. The van der Waals surface area contributed by atoms with E-state index in [2.05, 4.69) is 5.32 Å². The molecule has 4 heteroatoms.